The molecule has 1 N–H and O–H groups in total. The van der Waals surface area contributed by atoms with E-state index in [1.54, 1.807) is 25.1 Å². The summed E-state index contributed by atoms with van der Waals surface area (Å²) in [4.78, 5) is 18.4. The van der Waals surface area contributed by atoms with Crippen molar-refractivity contribution in [3.8, 4) is 41.2 Å². The highest BCUT2D eigenvalue weighted by Crippen LogP contribution is 2.48. The first kappa shape index (κ1) is 35.1. The Balaban J connectivity index is 1.44. The number of hydrogen-bond donors (Lipinski definition) is 1. The van der Waals surface area contributed by atoms with Crippen molar-refractivity contribution < 1.29 is 37.6 Å². The summed E-state index contributed by atoms with van der Waals surface area (Å²) in [7, 11) is 5.06. The molecule has 0 radical (unpaired) electrons. The number of β-amino-alcohol motifs (C(OH)–C–C–N with tert-alkyl or cyclic N) is 1. The van der Waals surface area contributed by atoms with Crippen LogP contribution >= 0.6 is 0 Å². The first-order chi connectivity index (χ1) is 24.6. The van der Waals surface area contributed by atoms with Gasteiger partial charge in [-0.2, -0.15) is 9.97 Å². The van der Waals surface area contributed by atoms with Crippen molar-refractivity contribution >= 4 is 27.5 Å². The summed E-state index contributed by atoms with van der Waals surface area (Å²) >= 11 is 0. The summed E-state index contributed by atoms with van der Waals surface area (Å²) in [6.45, 7) is 3.90. The minimum absolute atomic E-state index is 0.00828. The molecule has 3 atom stereocenters. The van der Waals surface area contributed by atoms with Gasteiger partial charge in [0.1, 0.15) is 39.6 Å². The third-order valence-corrected chi connectivity index (χ3v) is 10.5. The molecule has 13 heteroatoms. The Morgan fingerprint density at radius 2 is 1.90 bits per heavy atom. The molecule has 0 spiro atoms. The zero-order chi connectivity index (χ0) is 35.9. The largest absolute Gasteiger partial charge is 0.480 e. The van der Waals surface area contributed by atoms with Crippen LogP contribution in [0.4, 0.5) is 14.6 Å². The molecule has 1 saturated carbocycles. The second-order valence-electron chi connectivity index (χ2n) is 14.1. The SMILES string of the molecule is C#Cc1c(F)ccc2cc(OCOC)cc(-c3nc(OC)c4c(N5CCOC[C@@](C)(O)C5)nc(OC[C@]56CCC[C@H]5N(C)CCC6)nc4c3F)c12. The monoisotopic (exact) mass is 703 g/mol. The van der Waals surface area contributed by atoms with Crippen molar-refractivity contribution in [1.82, 2.24) is 19.9 Å². The first-order valence-electron chi connectivity index (χ1n) is 17.3. The fraction of sp³-hybridized carbons (Fsp3) is 0.500. The van der Waals surface area contributed by atoms with Gasteiger partial charge in [0.2, 0.25) is 5.88 Å². The number of piperidine rings is 1. The summed E-state index contributed by atoms with van der Waals surface area (Å²) < 4.78 is 61.4. The summed E-state index contributed by atoms with van der Waals surface area (Å²) in [6, 6.07) is 6.39. The van der Waals surface area contributed by atoms with Crippen molar-refractivity contribution in [3.05, 3.63) is 41.5 Å². The van der Waals surface area contributed by atoms with Gasteiger partial charge in [0.05, 0.1) is 39.0 Å². The highest BCUT2D eigenvalue weighted by atomic mass is 19.1. The van der Waals surface area contributed by atoms with E-state index in [1.165, 1.54) is 20.3 Å². The third kappa shape index (κ3) is 6.50. The molecule has 3 fully saturated rings. The van der Waals surface area contributed by atoms with Crippen molar-refractivity contribution in [2.75, 3.05) is 72.4 Å². The number of nitrogens with zero attached hydrogens (tertiary/aromatic N) is 5. The van der Waals surface area contributed by atoms with Gasteiger partial charge in [-0.15, -0.1) is 6.42 Å². The van der Waals surface area contributed by atoms with Gasteiger partial charge in [0.15, 0.2) is 12.6 Å². The number of aromatic nitrogens is 3. The second-order valence-corrected chi connectivity index (χ2v) is 14.1. The molecule has 3 aliphatic rings. The van der Waals surface area contributed by atoms with Crippen LogP contribution in [0.25, 0.3) is 32.9 Å². The maximum absolute atomic E-state index is 17.4. The van der Waals surface area contributed by atoms with Crippen molar-refractivity contribution in [2.45, 2.75) is 50.7 Å². The van der Waals surface area contributed by atoms with Crippen LogP contribution in [0.2, 0.25) is 0 Å². The standard InChI is InChI=1S/C38H43F2N5O6/c1-6-25-27(39)11-10-23-17-24(51-22-47-4)18-26(29(23)25)32-31(40)33-30(35(41-32)48-5)34(45-15-16-49-20-37(2,46)19-45)43-36(42-33)50-21-38-12-7-9-28(38)44(3)14-8-13-38/h1,10-11,17-18,28,46H,7-9,12-16,19-22H2,2-5H3/t28-,37+,38-/m1/s1. The van der Waals surface area contributed by atoms with Crippen LogP contribution in [0.1, 0.15) is 44.6 Å². The maximum atomic E-state index is 17.4. The lowest BCUT2D eigenvalue weighted by atomic mass is 9.76. The Kier molecular flexibility index (Phi) is 9.62. The van der Waals surface area contributed by atoms with E-state index in [0.29, 0.717) is 36.9 Å². The van der Waals surface area contributed by atoms with E-state index in [9.17, 15) is 5.11 Å². The number of pyridine rings is 1. The second kappa shape index (κ2) is 14.0. The Bertz CT molecular complexity index is 2000. The molecule has 0 unspecified atom stereocenters. The van der Waals surface area contributed by atoms with E-state index in [4.69, 9.17) is 35.1 Å². The number of fused-ring (bicyclic) bond motifs is 3. The molecule has 7 rings (SSSR count). The number of methoxy groups -OCH3 is 2. The molecular formula is C38H43F2N5O6. The minimum Gasteiger partial charge on any atom is -0.480 e. The molecule has 51 heavy (non-hydrogen) atoms. The highest BCUT2D eigenvalue weighted by molar-refractivity contribution is 6.04. The molecule has 0 bridgehead atoms. The molecule has 2 aliphatic heterocycles. The van der Waals surface area contributed by atoms with Crippen LogP contribution in [0, 0.1) is 29.4 Å². The van der Waals surface area contributed by atoms with Crippen LogP contribution in [-0.4, -0.2) is 104 Å². The Morgan fingerprint density at radius 3 is 2.69 bits per heavy atom. The van der Waals surface area contributed by atoms with Gasteiger partial charge in [0, 0.05) is 36.1 Å². The van der Waals surface area contributed by atoms with Crippen molar-refractivity contribution in [1.29, 1.82) is 0 Å². The molecule has 2 aromatic carbocycles. The summed E-state index contributed by atoms with van der Waals surface area (Å²) in [6.07, 6.45) is 11.1. The van der Waals surface area contributed by atoms with Gasteiger partial charge >= 0.3 is 6.01 Å². The lowest BCUT2D eigenvalue weighted by Crippen LogP contribution is -2.50. The Labute approximate surface area is 295 Å². The smallest absolute Gasteiger partial charge is 0.319 e. The summed E-state index contributed by atoms with van der Waals surface area (Å²) in [5.41, 5.74) is -1.47. The summed E-state index contributed by atoms with van der Waals surface area (Å²) in [5, 5.41) is 12.1. The molecular weight excluding hydrogens is 660 g/mol. The number of terminal acetylenes is 1. The van der Waals surface area contributed by atoms with Crippen LogP contribution in [0.5, 0.6) is 17.6 Å². The molecule has 0 amide bonds. The maximum Gasteiger partial charge on any atom is 0.319 e. The van der Waals surface area contributed by atoms with Crippen LogP contribution < -0.4 is 19.1 Å². The fourth-order valence-electron chi connectivity index (χ4n) is 8.24. The van der Waals surface area contributed by atoms with Gasteiger partial charge < -0.3 is 38.6 Å². The van der Waals surface area contributed by atoms with Gasteiger partial charge in [-0.3, -0.25) is 0 Å². The van der Waals surface area contributed by atoms with Crippen molar-refractivity contribution in [2.24, 2.45) is 5.41 Å². The van der Waals surface area contributed by atoms with Gasteiger partial charge in [-0.1, -0.05) is 18.4 Å². The molecule has 2 saturated heterocycles. The number of aliphatic hydroxyl groups is 1. The normalized spacial score (nSPS) is 24.0. The minimum atomic E-state index is -1.23. The number of halogens is 2. The number of hydrogen-bond acceptors (Lipinski definition) is 11. The predicted molar refractivity (Wildman–Crippen MR) is 188 cm³/mol. The number of anilines is 1. The average Bonchev–Trinajstić information content (AvgIpc) is 3.48. The highest BCUT2D eigenvalue weighted by Gasteiger charge is 2.47. The van der Waals surface area contributed by atoms with E-state index in [2.05, 4.69) is 27.8 Å². The van der Waals surface area contributed by atoms with Gasteiger partial charge in [-0.05, 0) is 69.8 Å². The Morgan fingerprint density at radius 1 is 1.08 bits per heavy atom. The molecule has 270 valence electrons. The molecule has 4 heterocycles. The molecule has 4 aromatic rings. The first-order valence-corrected chi connectivity index (χ1v) is 17.3. The Hall–Kier alpha value is -4.35. The van der Waals surface area contributed by atoms with E-state index in [-0.39, 0.29) is 76.2 Å². The van der Waals surface area contributed by atoms with Gasteiger partial charge in [0.25, 0.3) is 0 Å². The van der Waals surface area contributed by atoms with E-state index in [0.717, 1.165) is 38.6 Å². The van der Waals surface area contributed by atoms with Crippen LogP contribution in [0.15, 0.2) is 24.3 Å². The number of benzene rings is 2. The van der Waals surface area contributed by atoms with Crippen LogP contribution in [-0.2, 0) is 9.47 Å². The lowest BCUT2D eigenvalue weighted by molar-refractivity contribution is -0.0123. The average molecular weight is 704 g/mol. The third-order valence-electron chi connectivity index (χ3n) is 10.5. The number of likely N-dealkylation sites (tertiary alicyclic amines) is 1. The molecule has 11 nitrogen and oxygen atoms in total. The number of rotatable bonds is 9. The zero-order valence-corrected chi connectivity index (χ0v) is 29.4. The fourth-order valence-corrected chi connectivity index (χ4v) is 8.24. The van der Waals surface area contributed by atoms with Gasteiger partial charge in [-0.25, -0.2) is 13.8 Å². The molecule has 1 aliphatic carbocycles. The van der Waals surface area contributed by atoms with E-state index in [1.807, 2.05) is 4.90 Å². The van der Waals surface area contributed by atoms with Crippen LogP contribution in [0.3, 0.4) is 0 Å². The topological polar surface area (TPSA) is 112 Å². The quantitative estimate of drug-likeness (QED) is 0.181. The summed E-state index contributed by atoms with van der Waals surface area (Å²) in [5.74, 6) is 1.61. The predicted octanol–water partition coefficient (Wildman–Crippen LogP) is 5.33. The lowest BCUT2D eigenvalue weighted by Gasteiger charge is -2.44. The number of ether oxygens (including phenoxy) is 5. The van der Waals surface area contributed by atoms with E-state index >= 15 is 8.78 Å². The molecule has 2 aromatic heterocycles. The zero-order valence-electron chi connectivity index (χ0n) is 29.4. The van der Waals surface area contributed by atoms with Crippen molar-refractivity contribution in [3.63, 3.8) is 0 Å². The van der Waals surface area contributed by atoms with E-state index < -0.39 is 17.2 Å².